The van der Waals surface area contributed by atoms with Crippen molar-refractivity contribution in [1.82, 2.24) is 4.98 Å². The van der Waals surface area contributed by atoms with Gasteiger partial charge in [-0.05, 0) is 42.5 Å². The molecule has 0 radical (unpaired) electrons. The van der Waals surface area contributed by atoms with Gasteiger partial charge in [0.15, 0.2) is 11.6 Å². The van der Waals surface area contributed by atoms with Gasteiger partial charge in [0.25, 0.3) is 0 Å². The number of hydrogen-bond acceptors (Lipinski definition) is 5. The van der Waals surface area contributed by atoms with Crippen LogP contribution < -0.4 is 9.47 Å². The maximum atomic E-state index is 13.5. The molecular formula is C22H17FN2O4. The monoisotopic (exact) mass is 392 g/mol. The molecule has 0 aliphatic heterocycles. The standard InChI is InChI=1S/C22H17FN2O4/c23-18-6-1-2-7-20(18)29-12-4-11-28-19-9-8-15(13-16(19)14-24)21-17(22(26)27)5-3-10-25-21/h1-3,5-10,13H,4,11-12H2,(H,26,27). The number of ether oxygens (including phenoxy) is 2. The molecule has 29 heavy (non-hydrogen) atoms. The lowest BCUT2D eigenvalue weighted by Gasteiger charge is -2.11. The Kier molecular flexibility index (Phi) is 6.38. The van der Waals surface area contributed by atoms with Gasteiger partial charge in [0.1, 0.15) is 11.8 Å². The van der Waals surface area contributed by atoms with E-state index in [4.69, 9.17) is 9.47 Å². The molecular weight excluding hydrogens is 375 g/mol. The molecule has 0 saturated heterocycles. The molecule has 146 valence electrons. The zero-order valence-corrected chi connectivity index (χ0v) is 15.3. The van der Waals surface area contributed by atoms with Gasteiger partial charge < -0.3 is 14.6 Å². The summed E-state index contributed by atoms with van der Waals surface area (Å²) in [6.07, 6.45) is 1.98. The number of pyridine rings is 1. The van der Waals surface area contributed by atoms with E-state index in [9.17, 15) is 19.6 Å². The topological polar surface area (TPSA) is 92.4 Å². The highest BCUT2D eigenvalue weighted by Crippen LogP contribution is 2.27. The number of aromatic nitrogens is 1. The Morgan fingerprint density at radius 3 is 2.55 bits per heavy atom. The number of aromatic carboxylic acids is 1. The van der Waals surface area contributed by atoms with Gasteiger partial charge in [0.2, 0.25) is 0 Å². The summed E-state index contributed by atoms with van der Waals surface area (Å²) >= 11 is 0. The van der Waals surface area contributed by atoms with Gasteiger partial charge in [-0.15, -0.1) is 0 Å². The average molecular weight is 392 g/mol. The number of hydrogen-bond donors (Lipinski definition) is 1. The summed E-state index contributed by atoms with van der Waals surface area (Å²) in [7, 11) is 0. The van der Waals surface area contributed by atoms with Gasteiger partial charge in [-0.3, -0.25) is 4.98 Å². The highest BCUT2D eigenvalue weighted by Gasteiger charge is 2.14. The van der Waals surface area contributed by atoms with Crippen LogP contribution in [-0.2, 0) is 0 Å². The summed E-state index contributed by atoms with van der Waals surface area (Å²) in [5.41, 5.74) is 1.10. The van der Waals surface area contributed by atoms with Crippen molar-refractivity contribution in [1.29, 1.82) is 5.26 Å². The van der Waals surface area contributed by atoms with E-state index >= 15 is 0 Å². The van der Waals surface area contributed by atoms with Crippen molar-refractivity contribution in [2.75, 3.05) is 13.2 Å². The van der Waals surface area contributed by atoms with Gasteiger partial charge in [-0.25, -0.2) is 9.18 Å². The quantitative estimate of drug-likeness (QED) is 0.575. The van der Waals surface area contributed by atoms with Crippen LogP contribution in [-0.4, -0.2) is 29.3 Å². The molecule has 1 heterocycles. The highest BCUT2D eigenvalue weighted by molar-refractivity contribution is 5.94. The number of carbonyl (C=O) groups is 1. The highest BCUT2D eigenvalue weighted by atomic mass is 19.1. The third-order valence-electron chi connectivity index (χ3n) is 4.05. The lowest BCUT2D eigenvalue weighted by Crippen LogP contribution is -2.06. The molecule has 2 aromatic carbocycles. The molecule has 0 atom stereocenters. The Labute approximate surface area is 166 Å². The molecule has 0 spiro atoms. The van der Waals surface area contributed by atoms with Crippen LogP contribution in [0, 0.1) is 17.1 Å². The second kappa shape index (κ2) is 9.33. The number of carboxylic acid groups (broad SMARTS) is 1. The van der Waals surface area contributed by atoms with Crippen LogP contribution >= 0.6 is 0 Å². The van der Waals surface area contributed by atoms with Crippen LogP contribution in [0.5, 0.6) is 11.5 Å². The molecule has 0 aliphatic rings. The van der Waals surface area contributed by atoms with Crippen LogP contribution in [0.2, 0.25) is 0 Å². The Morgan fingerprint density at radius 1 is 1.07 bits per heavy atom. The van der Waals surface area contributed by atoms with E-state index in [1.165, 1.54) is 18.3 Å². The van der Waals surface area contributed by atoms with Gasteiger partial charge in [0.05, 0.1) is 30.0 Å². The van der Waals surface area contributed by atoms with Gasteiger partial charge in [0, 0.05) is 18.2 Å². The van der Waals surface area contributed by atoms with E-state index < -0.39 is 11.8 Å². The molecule has 0 bridgehead atoms. The van der Waals surface area contributed by atoms with E-state index in [0.717, 1.165) is 0 Å². The van der Waals surface area contributed by atoms with E-state index in [1.807, 2.05) is 6.07 Å². The fourth-order valence-electron chi connectivity index (χ4n) is 2.68. The van der Waals surface area contributed by atoms with Crippen LogP contribution in [0.1, 0.15) is 22.3 Å². The molecule has 3 aromatic rings. The summed E-state index contributed by atoms with van der Waals surface area (Å²) in [6.45, 7) is 0.531. The second-order valence-corrected chi connectivity index (χ2v) is 6.01. The summed E-state index contributed by atoms with van der Waals surface area (Å²) in [5.74, 6) is -0.970. The van der Waals surface area contributed by atoms with Crippen LogP contribution in [0.25, 0.3) is 11.3 Å². The Morgan fingerprint density at radius 2 is 1.83 bits per heavy atom. The number of benzene rings is 2. The summed E-state index contributed by atoms with van der Waals surface area (Å²) < 4.78 is 24.5. The predicted molar refractivity (Wildman–Crippen MR) is 103 cm³/mol. The van der Waals surface area contributed by atoms with E-state index in [-0.39, 0.29) is 35.8 Å². The lowest BCUT2D eigenvalue weighted by atomic mass is 10.0. The van der Waals surface area contributed by atoms with Gasteiger partial charge in [-0.2, -0.15) is 5.26 Å². The van der Waals surface area contributed by atoms with Crippen molar-refractivity contribution in [3.8, 4) is 28.8 Å². The molecule has 1 aromatic heterocycles. The SMILES string of the molecule is N#Cc1cc(-c2ncccc2C(=O)O)ccc1OCCCOc1ccccc1F. The zero-order valence-electron chi connectivity index (χ0n) is 15.3. The minimum atomic E-state index is -1.10. The van der Waals surface area contributed by atoms with Gasteiger partial charge >= 0.3 is 5.97 Å². The number of nitriles is 1. The second-order valence-electron chi connectivity index (χ2n) is 6.01. The lowest BCUT2D eigenvalue weighted by molar-refractivity contribution is 0.0697. The van der Waals surface area contributed by atoms with Crippen molar-refractivity contribution < 1.29 is 23.8 Å². The van der Waals surface area contributed by atoms with E-state index in [0.29, 0.717) is 17.7 Å². The molecule has 7 heteroatoms. The smallest absolute Gasteiger partial charge is 0.337 e. The fraction of sp³-hybridized carbons (Fsp3) is 0.136. The first kappa shape index (κ1) is 19.8. The maximum absolute atomic E-state index is 13.5. The predicted octanol–water partition coefficient (Wildman–Crippen LogP) is 4.31. The van der Waals surface area contributed by atoms with Crippen LogP contribution in [0.3, 0.4) is 0 Å². The first-order valence-electron chi connectivity index (χ1n) is 8.83. The largest absolute Gasteiger partial charge is 0.492 e. The zero-order chi connectivity index (χ0) is 20.6. The molecule has 3 rings (SSSR count). The average Bonchev–Trinajstić information content (AvgIpc) is 2.74. The third kappa shape index (κ3) is 4.87. The molecule has 1 N–H and O–H groups in total. The van der Waals surface area contributed by atoms with Crippen molar-refractivity contribution in [2.45, 2.75) is 6.42 Å². The maximum Gasteiger partial charge on any atom is 0.337 e. The molecule has 0 fully saturated rings. The Hall–Kier alpha value is -3.92. The molecule has 0 amide bonds. The first-order chi connectivity index (χ1) is 14.1. The summed E-state index contributed by atoms with van der Waals surface area (Å²) in [6, 6.07) is 16.0. The molecule has 0 saturated carbocycles. The van der Waals surface area contributed by atoms with Crippen LogP contribution in [0.15, 0.2) is 60.8 Å². The van der Waals surface area contributed by atoms with E-state index in [2.05, 4.69) is 4.98 Å². The molecule has 0 unspecified atom stereocenters. The number of carboxylic acids is 1. The van der Waals surface area contributed by atoms with Crippen LogP contribution in [0.4, 0.5) is 4.39 Å². The number of rotatable bonds is 8. The minimum absolute atomic E-state index is 0.0513. The Bertz CT molecular complexity index is 1060. The molecule has 6 nitrogen and oxygen atoms in total. The number of nitrogens with zero attached hydrogens (tertiary/aromatic N) is 2. The van der Waals surface area contributed by atoms with Crippen molar-refractivity contribution >= 4 is 5.97 Å². The number of para-hydroxylation sites is 1. The van der Waals surface area contributed by atoms with E-state index in [1.54, 1.807) is 42.5 Å². The number of halogens is 1. The minimum Gasteiger partial charge on any atom is -0.492 e. The Balaban J connectivity index is 1.64. The van der Waals surface area contributed by atoms with Crippen molar-refractivity contribution in [2.24, 2.45) is 0 Å². The van der Waals surface area contributed by atoms with Crippen molar-refractivity contribution in [3.05, 3.63) is 77.7 Å². The third-order valence-corrected chi connectivity index (χ3v) is 4.05. The van der Waals surface area contributed by atoms with Gasteiger partial charge in [-0.1, -0.05) is 12.1 Å². The summed E-state index contributed by atoms with van der Waals surface area (Å²) in [5, 5.41) is 18.7. The fourth-order valence-corrected chi connectivity index (χ4v) is 2.68. The van der Waals surface area contributed by atoms with Crippen molar-refractivity contribution in [3.63, 3.8) is 0 Å². The first-order valence-corrected chi connectivity index (χ1v) is 8.83. The molecule has 0 aliphatic carbocycles. The normalized spacial score (nSPS) is 10.2. The summed E-state index contributed by atoms with van der Waals surface area (Å²) in [4.78, 5) is 15.5.